The molecule has 52 valence electrons. The molecule has 2 heterocycles. The molecule has 2 saturated heterocycles. The Morgan fingerprint density at radius 1 is 1.70 bits per heavy atom. The average Bonchev–Trinajstić information content (AvgIpc) is 2.26. The van der Waals surface area contributed by atoms with E-state index in [1.165, 1.54) is 11.8 Å². The van der Waals surface area contributed by atoms with Gasteiger partial charge in [-0.15, -0.1) is 0 Å². The van der Waals surface area contributed by atoms with Crippen molar-refractivity contribution < 1.29 is 9.59 Å². The van der Waals surface area contributed by atoms with E-state index in [1.807, 2.05) is 5.94 Å². The van der Waals surface area contributed by atoms with Gasteiger partial charge in [-0.1, -0.05) is 11.8 Å². The molecule has 0 spiro atoms. The van der Waals surface area contributed by atoms with Gasteiger partial charge >= 0.3 is 0 Å². The van der Waals surface area contributed by atoms with E-state index in [1.54, 1.807) is 4.90 Å². The highest BCUT2D eigenvalue weighted by molar-refractivity contribution is 8.04. The summed E-state index contributed by atoms with van der Waals surface area (Å²) in [7, 11) is 0. The molecule has 2 aliphatic rings. The number of carbonyl (C=O) groups is 1. The molecule has 10 heavy (non-hydrogen) atoms. The smallest absolute Gasteiger partial charge is 0.226 e. The van der Waals surface area contributed by atoms with Gasteiger partial charge < -0.3 is 4.90 Å². The Kier molecular flexibility index (Phi) is 1.13. The molecule has 2 aliphatic heterocycles. The number of fused-ring (bicyclic) bond motifs is 1. The quantitative estimate of drug-likeness (QED) is 0.365. The van der Waals surface area contributed by atoms with Crippen molar-refractivity contribution in [1.82, 2.24) is 4.90 Å². The summed E-state index contributed by atoms with van der Waals surface area (Å²) >= 11 is 1.46. The zero-order valence-electron chi connectivity index (χ0n) is 5.16. The maximum atomic E-state index is 10.7. The van der Waals surface area contributed by atoms with Crippen LogP contribution in [-0.2, 0) is 9.59 Å². The lowest BCUT2D eigenvalue weighted by Crippen LogP contribution is -2.46. The Balaban J connectivity index is 2.19. The van der Waals surface area contributed by atoms with E-state index in [0.29, 0.717) is 17.9 Å². The first kappa shape index (κ1) is 6.01. The van der Waals surface area contributed by atoms with Crippen LogP contribution in [-0.4, -0.2) is 28.7 Å². The summed E-state index contributed by atoms with van der Waals surface area (Å²) in [5.74, 6) is 1.98. The number of carbonyl (C=O) groups excluding carboxylic acids is 2. The summed E-state index contributed by atoms with van der Waals surface area (Å²) in [4.78, 5) is 23.2. The van der Waals surface area contributed by atoms with Gasteiger partial charge in [-0.05, 0) is 0 Å². The van der Waals surface area contributed by atoms with Gasteiger partial charge in [0.25, 0.3) is 0 Å². The first-order chi connectivity index (χ1) is 4.81. The molecule has 0 saturated carbocycles. The van der Waals surface area contributed by atoms with Gasteiger partial charge in [0.1, 0.15) is 5.94 Å². The summed E-state index contributed by atoms with van der Waals surface area (Å²) in [5.41, 5.74) is 0. The van der Waals surface area contributed by atoms with Gasteiger partial charge in [0, 0.05) is 0 Å². The topological polar surface area (TPSA) is 37.4 Å². The lowest BCUT2D eigenvalue weighted by Gasteiger charge is -2.32. The van der Waals surface area contributed by atoms with Crippen LogP contribution in [0.1, 0.15) is 6.42 Å². The van der Waals surface area contributed by atoms with Crippen LogP contribution in [0.15, 0.2) is 4.91 Å². The van der Waals surface area contributed by atoms with Crippen molar-refractivity contribution in [2.45, 2.75) is 11.8 Å². The third-order valence-corrected chi connectivity index (χ3v) is 2.91. The maximum absolute atomic E-state index is 10.7. The lowest BCUT2D eigenvalue weighted by atomic mass is 10.2. The van der Waals surface area contributed by atoms with Gasteiger partial charge in [0.05, 0.1) is 23.2 Å². The largest absolute Gasteiger partial charge is 0.324 e. The molecule has 0 bridgehead atoms. The van der Waals surface area contributed by atoms with Crippen LogP contribution in [0.2, 0.25) is 0 Å². The number of nitrogens with zero attached hydrogens (tertiary/aromatic N) is 1. The first-order valence-corrected chi connectivity index (χ1v) is 3.89. The van der Waals surface area contributed by atoms with E-state index in [2.05, 4.69) is 0 Å². The van der Waals surface area contributed by atoms with E-state index in [0.717, 1.165) is 0 Å². The Morgan fingerprint density at radius 3 is 3.00 bits per heavy atom. The predicted molar refractivity (Wildman–Crippen MR) is 36.9 cm³/mol. The zero-order chi connectivity index (χ0) is 7.14. The lowest BCUT2D eigenvalue weighted by molar-refractivity contribution is -0.140. The number of rotatable bonds is 0. The Bertz CT molecular complexity index is 244. The molecular formula is C6H5NO2S. The summed E-state index contributed by atoms with van der Waals surface area (Å²) < 4.78 is 0. The summed E-state index contributed by atoms with van der Waals surface area (Å²) in [6.07, 6.45) is 0.593. The molecule has 3 nitrogen and oxygen atoms in total. The molecule has 2 rings (SSSR count). The Morgan fingerprint density at radius 2 is 2.50 bits per heavy atom. The fourth-order valence-electron chi connectivity index (χ4n) is 1.13. The molecule has 0 aromatic carbocycles. The fraction of sp³-hybridized carbons (Fsp3) is 0.500. The van der Waals surface area contributed by atoms with Gasteiger partial charge in [-0.2, -0.15) is 0 Å². The highest BCUT2D eigenvalue weighted by atomic mass is 32.2. The zero-order valence-corrected chi connectivity index (χ0v) is 5.98. The van der Waals surface area contributed by atoms with E-state index < -0.39 is 0 Å². The summed E-state index contributed by atoms with van der Waals surface area (Å²) in [6.45, 7) is 0.498. The van der Waals surface area contributed by atoms with E-state index in [4.69, 9.17) is 0 Å². The highest BCUT2D eigenvalue weighted by Crippen LogP contribution is 2.40. The minimum atomic E-state index is 0.155. The molecule has 2 fully saturated rings. The van der Waals surface area contributed by atoms with Crippen molar-refractivity contribution in [3.63, 3.8) is 0 Å². The van der Waals surface area contributed by atoms with Crippen LogP contribution < -0.4 is 0 Å². The van der Waals surface area contributed by atoms with Crippen molar-refractivity contribution in [3.8, 4) is 0 Å². The normalized spacial score (nSPS) is 29.6. The van der Waals surface area contributed by atoms with Crippen molar-refractivity contribution in [3.05, 3.63) is 4.91 Å². The molecule has 0 N–H and O–H groups in total. The third-order valence-electron chi connectivity index (χ3n) is 1.72. The molecule has 0 aromatic heterocycles. The molecular weight excluding hydrogens is 150 g/mol. The second kappa shape index (κ2) is 1.87. The maximum Gasteiger partial charge on any atom is 0.226 e. The molecule has 0 aliphatic carbocycles. The van der Waals surface area contributed by atoms with Crippen LogP contribution in [0.5, 0.6) is 0 Å². The van der Waals surface area contributed by atoms with Gasteiger partial charge in [-0.3, -0.25) is 4.79 Å². The van der Waals surface area contributed by atoms with Crippen molar-refractivity contribution >= 4 is 23.6 Å². The highest BCUT2D eigenvalue weighted by Gasteiger charge is 2.42. The van der Waals surface area contributed by atoms with E-state index in [9.17, 15) is 9.59 Å². The third kappa shape index (κ3) is 0.632. The Hall–Kier alpha value is -0.730. The molecule has 1 unspecified atom stereocenters. The predicted octanol–water partition coefficient (Wildman–Crippen LogP) is 0.00710. The molecule has 1 atom stereocenters. The van der Waals surface area contributed by atoms with Crippen molar-refractivity contribution in [2.24, 2.45) is 0 Å². The molecule has 4 heteroatoms. The van der Waals surface area contributed by atoms with E-state index >= 15 is 0 Å². The number of thioether (sulfide) groups is 1. The fourth-order valence-corrected chi connectivity index (χ4v) is 2.27. The summed E-state index contributed by atoms with van der Waals surface area (Å²) in [6, 6.07) is 0. The van der Waals surface area contributed by atoms with Gasteiger partial charge in [0.15, 0.2) is 0 Å². The van der Waals surface area contributed by atoms with Gasteiger partial charge in [-0.25, -0.2) is 4.79 Å². The first-order valence-electron chi connectivity index (χ1n) is 3.01. The standard InChI is InChI=1S/C6H5NO2S/c8-3-4-2-7-5(9)1-6(7)10-4/h6H,1-2H2. The minimum absolute atomic E-state index is 0.155. The van der Waals surface area contributed by atoms with Crippen LogP contribution in [0.3, 0.4) is 0 Å². The second-order valence-electron chi connectivity index (χ2n) is 2.32. The number of hydrogen-bond acceptors (Lipinski definition) is 3. The monoisotopic (exact) mass is 155 g/mol. The molecule has 1 amide bonds. The number of β-lactam (4-membered cyclic amide) rings is 1. The molecule has 0 aromatic rings. The summed E-state index contributed by atoms with van der Waals surface area (Å²) in [5, 5.41) is 0.254. The van der Waals surface area contributed by atoms with Crippen LogP contribution in [0.25, 0.3) is 0 Å². The Labute approximate surface area is 62.1 Å². The van der Waals surface area contributed by atoms with E-state index in [-0.39, 0.29) is 11.3 Å². The SMILES string of the molecule is O=C=C1CN2C(=O)CC2S1. The van der Waals surface area contributed by atoms with Gasteiger partial charge in [0.2, 0.25) is 5.91 Å². The molecule has 0 radical (unpaired) electrons. The van der Waals surface area contributed by atoms with Crippen molar-refractivity contribution in [2.75, 3.05) is 6.54 Å². The van der Waals surface area contributed by atoms with Crippen LogP contribution in [0, 0.1) is 0 Å². The van der Waals surface area contributed by atoms with Crippen LogP contribution in [0.4, 0.5) is 0 Å². The average molecular weight is 155 g/mol. The van der Waals surface area contributed by atoms with Crippen molar-refractivity contribution in [1.29, 1.82) is 0 Å². The van der Waals surface area contributed by atoms with Crippen LogP contribution >= 0.6 is 11.8 Å². The minimum Gasteiger partial charge on any atom is -0.324 e. The number of hydrogen-bond donors (Lipinski definition) is 0. The number of amides is 1. The second-order valence-corrected chi connectivity index (χ2v) is 3.60.